The molecular formula is C13H17N3O3S. The van der Waals surface area contributed by atoms with E-state index in [4.69, 9.17) is 4.42 Å². The number of nitrogens with zero attached hydrogens (tertiary/aromatic N) is 1. The van der Waals surface area contributed by atoms with Gasteiger partial charge in [-0.3, -0.25) is 4.98 Å². The van der Waals surface area contributed by atoms with E-state index in [1.165, 1.54) is 13.1 Å². The molecule has 0 spiro atoms. The Hall–Kier alpha value is -1.70. The largest absolute Gasteiger partial charge is 0.447 e. The summed E-state index contributed by atoms with van der Waals surface area (Å²) in [4.78, 5) is 4.27. The number of aromatic nitrogens is 1. The second-order valence-electron chi connectivity index (χ2n) is 4.30. The molecular weight excluding hydrogens is 278 g/mol. The van der Waals surface area contributed by atoms with Crippen LogP contribution in [-0.2, 0) is 23.1 Å². The van der Waals surface area contributed by atoms with Crippen molar-refractivity contribution in [3.63, 3.8) is 0 Å². The molecule has 0 amide bonds. The number of sulfonamides is 1. The van der Waals surface area contributed by atoms with E-state index in [-0.39, 0.29) is 5.09 Å². The zero-order chi connectivity index (χ0) is 14.6. The monoisotopic (exact) mass is 295 g/mol. The van der Waals surface area contributed by atoms with Crippen molar-refractivity contribution in [3.8, 4) is 0 Å². The third-order valence-corrected chi connectivity index (χ3v) is 4.17. The molecule has 0 aliphatic rings. The predicted molar refractivity (Wildman–Crippen MR) is 74.5 cm³/mol. The van der Waals surface area contributed by atoms with Crippen LogP contribution in [-0.4, -0.2) is 20.4 Å². The van der Waals surface area contributed by atoms with Crippen LogP contribution in [0.5, 0.6) is 0 Å². The second-order valence-corrected chi connectivity index (χ2v) is 6.12. The molecule has 2 heterocycles. The molecule has 0 saturated heterocycles. The summed E-state index contributed by atoms with van der Waals surface area (Å²) in [7, 11) is -2.17. The van der Waals surface area contributed by atoms with Gasteiger partial charge in [-0.2, -0.15) is 0 Å². The minimum atomic E-state index is -3.52. The maximum atomic E-state index is 11.5. The number of pyridine rings is 1. The molecule has 2 aromatic rings. The van der Waals surface area contributed by atoms with E-state index in [1.54, 1.807) is 12.3 Å². The molecule has 0 fully saturated rings. The molecule has 7 heteroatoms. The van der Waals surface area contributed by atoms with Crippen LogP contribution in [0.15, 0.2) is 40.0 Å². The minimum Gasteiger partial charge on any atom is -0.447 e. The van der Waals surface area contributed by atoms with Crippen LogP contribution in [0.1, 0.15) is 17.0 Å². The van der Waals surface area contributed by atoms with Crippen LogP contribution in [0, 0.1) is 6.92 Å². The van der Waals surface area contributed by atoms with Crippen molar-refractivity contribution in [3.05, 3.63) is 47.5 Å². The van der Waals surface area contributed by atoms with Crippen LogP contribution < -0.4 is 10.0 Å². The van der Waals surface area contributed by atoms with Gasteiger partial charge in [-0.1, -0.05) is 6.07 Å². The van der Waals surface area contributed by atoms with Gasteiger partial charge in [0.25, 0.3) is 10.0 Å². The van der Waals surface area contributed by atoms with Crippen LogP contribution in [0.4, 0.5) is 0 Å². The fourth-order valence-electron chi connectivity index (χ4n) is 1.71. The maximum absolute atomic E-state index is 11.5. The highest BCUT2D eigenvalue weighted by Crippen LogP contribution is 2.13. The Morgan fingerprint density at radius 2 is 2.05 bits per heavy atom. The van der Waals surface area contributed by atoms with Gasteiger partial charge >= 0.3 is 0 Å². The zero-order valence-corrected chi connectivity index (χ0v) is 12.2. The molecule has 0 saturated carbocycles. The van der Waals surface area contributed by atoms with E-state index in [1.807, 2.05) is 19.1 Å². The quantitative estimate of drug-likeness (QED) is 0.836. The van der Waals surface area contributed by atoms with Crippen molar-refractivity contribution in [1.29, 1.82) is 0 Å². The van der Waals surface area contributed by atoms with Crippen molar-refractivity contribution in [2.24, 2.45) is 0 Å². The summed E-state index contributed by atoms with van der Waals surface area (Å²) >= 11 is 0. The molecule has 0 aliphatic carbocycles. The number of hydrogen-bond donors (Lipinski definition) is 2. The topological polar surface area (TPSA) is 84.2 Å². The highest BCUT2D eigenvalue weighted by molar-refractivity contribution is 7.89. The first-order chi connectivity index (χ1) is 9.53. The lowest BCUT2D eigenvalue weighted by atomic mass is 10.2. The van der Waals surface area contributed by atoms with Gasteiger partial charge in [0.2, 0.25) is 5.09 Å². The van der Waals surface area contributed by atoms with Crippen LogP contribution in [0.25, 0.3) is 0 Å². The smallest absolute Gasteiger partial charge is 0.273 e. The number of aryl methyl sites for hydroxylation is 1. The van der Waals surface area contributed by atoms with Crippen LogP contribution in [0.2, 0.25) is 0 Å². The Kier molecular flexibility index (Phi) is 4.53. The summed E-state index contributed by atoms with van der Waals surface area (Å²) in [5.41, 5.74) is 2.07. The Labute approximate surface area is 118 Å². The first kappa shape index (κ1) is 14.7. The molecule has 0 unspecified atom stereocenters. The molecule has 0 aliphatic heterocycles. The minimum absolute atomic E-state index is 0.0779. The normalized spacial score (nSPS) is 11.7. The lowest BCUT2D eigenvalue weighted by molar-refractivity contribution is 0.400. The van der Waals surface area contributed by atoms with E-state index in [9.17, 15) is 8.42 Å². The van der Waals surface area contributed by atoms with Crippen molar-refractivity contribution >= 4 is 10.0 Å². The van der Waals surface area contributed by atoms with E-state index in [0.29, 0.717) is 18.8 Å². The summed E-state index contributed by atoms with van der Waals surface area (Å²) in [5.74, 6) is 0.562. The molecule has 6 nitrogen and oxygen atoms in total. The number of furan rings is 1. The molecule has 0 atom stereocenters. The van der Waals surface area contributed by atoms with Crippen LogP contribution in [0.3, 0.4) is 0 Å². The predicted octanol–water partition coefficient (Wildman–Crippen LogP) is 1.18. The Morgan fingerprint density at radius 1 is 1.25 bits per heavy atom. The molecule has 20 heavy (non-hydrogen) atoms. The Balaban J connectivity index is 1.94. The first-order valence-electron chi connectivity index (χ1n) is 6.16. The standard InChI is InChI=1S/C13H17N3O3S/c1-10-4-3-7-16-12(10)9-15-8-11-5-6-13(19-11)20(17,18)14-2/h3-7,14-15H,8-9H2,1-2H3. The fraction of sp³-hybridized carbons (Fsp3) is 0.308. The molecule has 2 rings (SSSR count). The van der Waals surface area contributed by atoms with E-state index >= 15 is 0 Å². The summed E-state index contributed by atoms with van der Waals surface area (Å²) in [5, 5.41) is 3.09. The molecule has 108 valence electrons. The van der Waals surface area contributed by atoms with Gasteiger partial charge in [-0.05, 0) is 37.7 Å². The van der Waals surface area contributed by atoms with Crippen molar-refractivity contribution in [2.45, 2.75) is 25.1 Å². The third kappa shape index (κ3) is 3.44. The highest BCUT2D eigenvalue weighted by atomic mass is 32.2. The van der Waals surface area contributed by atoms with E-state index < -0.39 is 10.0 Å². The molecule has 0 bridgehead atoms. The average molecular weight is 295 g/mol. The fourth-order valence-corrected chi connectivity index (χ4v) is 2.37. The number of hydrogen-bond acceptors (Lipinski definition) is 5. The average Bonchev–Trinajstić information content (AvgIpc) is 2.90. The lowest BCUT2D eigenvalue weighted by Crippen LogP contribution is -2.18. The summed E-state index contributed by atoms with van der Waals surface area (Å²) < 4.78 is 30.5. The van der Waals surface area contributed by atoms with Crippen LogP contribution >= 0.6 is 0 Å². The van der Waals surface area contributed by atoms with Gasteiger partial charge in [0.05, 0.1) is 12.2 Å². The number of nitrogens with one attached hydrogen (secondary N) is 2. The van der Waals surface area contributed by atoms with Gasteiger partial charge in [0.1, 0.15) is 5.76 Å². The molecule has 2 N–H and O–H groups in total. The van der Waals surface area contributed by atoms with Gasteiger partial charge in [0, 0.05) is 12.7 Å². The maximum Gasteiger partial charge on any atom is 0.273 e. The summed E-state index contributed by atoms with van der Waals surface area (Å²) in [6.45, 7) is 3.03. The van der Waals surface area contributed by atoms with Gasteiger partial charge < -0.3 is 9.73 Å². The highest BCUT2D eigenvalue weighted by Gasteiger charge is 2.16. The third-order valence-electron chi connectivity index (χ3n) is 2.88. The van der Waals surface area contributed by atoms with Crippen molar-refractivity contribution < 1.29 is 12.8 Å². The van der Waals surface area contributed by atoms with E-state index in [0.717, 1.165) is 11.3 Å². The summed E-state index contributed by atoms with van der Waals surface area (Å²) in [6.07, 6.45) is 1.74. The van der Waals surface area contributed by atoms with Gasteiger partial charge in [0.15, 0.2) is 0 Å². The van der Waals surface area contributed by atoms with Crippen molar-refractivity contribution in [1.82, 2.24) is 15.0 Å². The zero-order valence-electron chi connectivity index (χ0n) is 11.4. The summed E-state index contributed by atoms with van der Waals surface area (Å²) in [6, 6.07) is 6.96. The Morgan fingerprint density at radius 3 is 2.75 bits per heavy atom. The first-order valence-corrected chi connectivity index (χ1v) is 7.65. The lowest BCUT2D eigenvalue weighted by Gasteiger charge is -2.05. The van der Waals surface area contributed by atoms with Gasteiger partial charge in [-0.15, -0.1) is 0 Å². The van der Waals surface area contributed by atoms with Crippen molar-refractivity contribution in [2.75, 3.05) is 7.05 Å². The molecule has 2 aromatic heterocycles. The van der Waals surface area contributed by atoms with E-state index in [2.05, 4.69) is 15.0 Å². The molecule has 0 aromatic carbocycles. The SMILES string of the molecule is CNS(=O)(=O)c1ccc(CNCc2ncccc2C)o1. The van der Waals surface area contributed by atoms with Gasteiger partial charge in [-0.25, -0.2) is 13.1 Å². The number of rotatable bonds is 6. The second kappa shape index (κ2) is 6.17. The molecule has 0 radical (unpaired) electrons. The Bertz CT molecular complexity index is 680.